The summed E-state index contributed by atoms with van der Waals surface area (Å²) in [5.41, 5.74) is 3.42. The molecule has 24 heavy (non-hydrogen) atoms. The van der Waals surface area contributed by atoms with Crippen molar-refractivity contribution in [1.29, 1.82) is 0 Å². The first-order valence-electron chi connectivity index (χ1n) is 8.42. The summed E-state index contributed by atoms with van der Waals surface area (Å²) in [7, 11) is 0. The molecular weight excluding hydrogens is 320 g/mol. The smallest absolute Gasteiger partial charge is 0.230 e. The highest BCUT2D eigenvalue weighted by Gasteiger charge is 2.14. The quantitative estimate of drug-likeness (QED) is 0.586. The van der Waals surface area contributed by atoms with Crippen molar-refractivity contribution < 1.29 is 4.79 Å². The molecule has 2 rings (SSSR count). The van der Waals surface area contributed by atoms with Crippen LogP contribution in [0.1, 0.15) is 43.1 Å². The second kappa shape index (κ2) is 8.87. The van der Waals surface area contributed by atoms with Gasteiger partial charge in [-0.1, -0.05) is 43.7 Å². The molecule has 0 saturated heterocycles. The number of hydrogen-bond donors (Lipinski definition) is 1. The van der Waals surface area contributed by atoms with Crippen molar-refractivity contribution >= 4 is 17.7 Å². The Hall–Kier alpha value is -1.82. The highest BCUT2D eigenvalue weighted by Crippen LogP contribution is 2.24. The molecule has 0 bridgehead atoms. The summed E-state index contributed by atoms with van der Waals surface area (Å²) < 4.78 is 2.03. The van der Waals surface area contributed by atoms with Crippen LogP contribution in [0.4, 0.5) is 0 Å². The highest BCUT2D eigenvalue weighted by molar-refractivity contribution is 7.99. The van der Waals surface area contributed by atoms with Gasteiger partial charge in [0, 0.05) is 6.54 Å². The monoisotopic (exact) mass is 346 g/mol. The van der Waals surface area contributed by atoms with E-state index in [9.17, 15) is 4.79 Å². The summed E-state index contributed by atoms with van der Waals surface area (Å²) in [4.78, 5) is 12.0. The lowest BCUT2D eigenvalue weighted by Crippen LogP contribution is -2.26. The number of nitrogens with zero attached hydrogens (tertiary/aromatic N) is 3. The molecule has 2 aromatic rings. The minimum atomic E-state index is 0.0456. The van der Waals surface area contributed by atoms with Gasteiger partial charge in [-0.3, -0.25) is 9.36 Å². The van der Waals surface area contributed by atoms with Crippen molar-refractivity contribution in [3.8, 4) is 5.69 Å². The van der Waals surface area contributed by atoms with Crippen molar-refractivity contribution in [3.63, 3.8) is 0 Å². The van der Waals surface area contributed by atoms with Gasteiger partial charge in [-0.2, -0.15) is 0 Å². The van der Waals surface area contributed by atoms with Gasteiger partial charge in [-0.05, 0) is 44.4 Å². The molecule has 1 N–H and O–H groups in total. The fourth-order valence-electron chi connectivity index (χ4n) is 2.46. The second-order valence-corrected chi connectivity index (χ2v) is 6.94. The summed E-state index contributed by atoms with van der Waals surface area (Å²) in [6.45, 7) is 8.97. The molecule has 0 unspecified atom stereocenters. The Morgan fingerprint density at radius 1 is 1.21 bits per heavy atom. The number of benzene rings is 1. The van der Waals surface area contributed by atoms with Crippen LogP contribution in [0.2, 0.25) is 0 Å². The van der Waals surface area contributed by atoms with Crippen LogP contribution in [-0.2, 0) is 4.79 Å². The minimum absolute atomic E-state index is 0.0456. The van der Waals surface area contributed by atoms with Gasteiger partial charge in [0.1, 0.15) is 5.82 Å². The van der Waals surface area contributed by atoms with E-state index in [0.717, 1.165) is 48.0 Å². The number of unbranched alkanes of at least 4 members (excludes halogenated alkanes) is 2. The minimum Gasteiger partial charge on any atom is -0.355 e. The van der Waals surface area contributed by atoms with E-state index in [1.165, 1.54) is 17.3 Å². The maximum atomic E-state index is 12.0. The van der Waals surface area contributed by atoms with E-state index in [1.807, 2.05) is 11.5 Å². The maximum absolute atomic E-state index is 12.0. The third kappa shape index (κ3) is 4.84. The van der Waals surface area contributed by atoms with Crippen LogP contribution in [0, 0.1) is 20.8 Å². The predicted molar refractivity (Wildman–Crippen MR) is 98.8 cm³/mol. The number of hydrogen-bond acceptors (Lipinski definition) is 4. The van der Waals surface area contributed by atoms with Crippen molar-refractivity contribution in [1.82, 2.24) is 20.1 Å². The van der Waals surface area contributed by atoms with E-state index < -0.39 is 0 Å². The van der Waals surface area contributed by atoms with E-state index in [0.29, 0.717) is 5.75 Å². The molecule has 6 heteroatoms. The van der Waals surface area contributed by atoms with Crippen LogP contribution in [0.5, 0.6) is 0 Å². The van der Waals surface area contributed by atoms with Crippen molar-refractivity contribution in [2.24, 2.45) is 0 Å². The normalized spacial score (nSPS) is 10.8. The molecule has 0 atom stereocenters. The number of rotatable bonds is 8. The second-order valence-electron chi connectivity index (χ2n) is 6.00. The van der Waals surface area contributed by atoms with Gasteiger partial charge < -0.3 is 5.32 Å². The molecule has 0 saturated carbocycles. The SMILES string of the molecule is CCCCCNC(=O)CSc1nnc(C)n1-c1cc(C)ccc1C. The number of aryl methyl sites for hydroxylation is 3. The van der Waals surface area contributed by atoms with Gasteiger partial charge >= 0.3 is 0 Å². The average molecular weight is 347 g/mol. The Balaban J connectivity index is 2.05. The van der Waals surface area contributed by atoms with Crippen LogP contribution in [0.3, 0.4) is 0 Å². The molecule has 130 valence electrons. The lowest BCUT2D eigenvalue weighted by molar-refractivity contribution is -0.118. The molecule has 1 aromatic heterocycles. The van der Waals surface area contributed by atoms with Crippen LogP contribution in [-0.4, -0.2) is 33.0 Å². The number of thioether (sulfide) groups is 1. The third-order valence-corrected chi connectivity index (χ3v) is 4.76. The van der Waals surface area contributed by atoms with E-state index >= 15 is 0 Å². The highest BCUT2D eigenvalue weighted by atomic mass is 32.2. The topological polar surface area (TPSA) is 59.8 Å². The van der Waals surface area contributed by atoms with Crippen molar-refractivity contribution in [2.45, 2.75) is 52.1 Å². The summed E-state index contributed by atoms with van der Waals surface area (Å²) >= 11 is 1.43. The zero-order valence-corrected chi connectivity index (χ0v) is 15.7. The zero-order valence-electron chi connectivity index (χ0n) is 14.9. The molecule has 1 amide bonds. The van der Waals surface area contributed by atoms with Gasteiger partial charge in [0.25, 0.3) is 0 Å². The summed E-state index contributed by atoms with van der Waals surface area (Å²) in [5, 5.41) is 12.1. The Morgan fingerprint density at radius 3 is 2.75 bits per heavy atom. The molecule has 0 aliphatic heterocycles. The average Bonchev–Trinajstić information content (AvgIpc) is 2.92. The Bertz CT molecular complexity index is 696. The molecule has 0 fully saturated rings. The summed E-state index contributed by atoms with van der Waals surface area (Å²) in [6.07, 6.45) is 3.33. The Kier molecular flexibility index (Phi) is 6.85. The van der Waals surface area contributed by atoms with E-state index in [2.05, 4.69) is 54.5 Å². The Labute approximate surface area is 148 Å². The summed E-state index contributed by atoms with van der Waals surface area (Å²) in [5.74, 6) is 1.23. The van der Waals surface area contributed by atoms with Crippen molar-refractivity contribution in [2.75, 3.05) is 12.3 Å². The van der Waals surface area contributed by atoms with E-state index in [-0.39, 0.29) is 5.91 Å². The molecule has 0 radical (unpaired) electrons. The maximum Gasteiger partial charge on any atom is 0.230 e. The fourth-order valence-corrected chi connectivity index (χ4v) is 3.28. The lowest BCUT2D eigenvalue weighted by Gasteiger charge is -2.12. The first kappa shape index (κ1) is 18.5. The van der Waals surface area contributed by atoms with Crippen molar-refractivity contribution in [3.05, 3.63) is 35.2 Å². The number of nitrogens with one attached hydrogen (secondary N) is 1. The zero-order chi connectivity index (χ0) is 17.5. The largest absolute Gasteiger partial charge is 0.355 e. The fraction of sp³-hybridized carbons (Fsp3) is 0.500. The van der Waals surface area contributed by atoms with E-state index in [1.54, 1.807) is 0 Å². The van der Waals surface area contributed by atoms with Gasteiger partial charge in [0.15, 0.2) is 5.16 Å². The number of amides is 1. The lowest BCUT2D eigenvalue weighted by atomic mass is 10.1. The molecule has 1 heterocycles. The number of carbonyl (C=O) groups is 1. The van der Waals surface area contributed by atoms with Crippen LogP contribution < -0.4 is 5.32 Å². The summed E-state index contributed by atoms with van der Waals surface area (Å²) in [6, 6.07) is 6.31. The number of aromatic nitrogens is 3. The van der Waals surface area contributed by atoms with E-state index in [4.69, 9.17) is 0 Å². The van der Waals surface area contributed by atoms with Gasteiger partial charge in [-0.25, -0.2) is 0 Å². The molecule has 1 aromatic carbocycles. The van der Waals surface area contributed by atoms with Gasteiger partial charge in [0.2, 0.25) is 5.91 Å². The first-order valence-corrected chi connectivity index (χ1v) is 9.40. The first-order chi connectivity index (χ1) is 11.5. The molecule has 0 aliphatic rings. The van der Waals surface area contributed by atoms with Crippen LogP contribution in [0.15, 0.2) is 23.4 Å². The molecular formula is C18H26N4OS. The number of carbonyl (C=O) groups excluding carboxylic acids is 1. The Morgan fingerprint density at radius 2 is 2.00 bits per heavy atom. The van der Waals surface area contributed by atoms with Gasteiger partial charge in [-0.15, -0.1) is 10.2 Å². The predicted octanol–water partition coefficient (Wildman–Crippen LogP) is 3.59. The van der Waals surface area contributed by atoms with Crippen LogP contribution in [0.25, 0.3) is 5.69 Å². The van der Waals surface area contributed by atoms with Gasteiger partial charge in [0.05, 0.1) is 11.4 Å². The standard InChI is InChI=1S/C18H26N4OS/c1-5-6-7-10-19-17(23)12-24-18-21-20-15(4)22(18)16-11-13(2)8-9-14(16)3/h8-9,11H,5-7,10,12H2,1-4H3,(H,19,23). The molecule has 5 nitrogen and oxygen atoms in total. The molecule has 0 aliphatic carbocycles. The van der Waals surface area contributed by atoms with Crippen LogP contribution >= 0.6 is 11.8 Å². The third-order valence-electron chi connectivity index (χ3n) is 3.84. The molecule has 0 spiro atoms.